The molecule has 2 heterocycles. The number of carbonyl (C=O) groups is 1. The molecule has 3 rings (SSSR count). The molecule has 2 N–H and O–H groups in total. The van der Waals surface area contributed by atoms with Gasteiger partial charge in [-0.25, -0.2) is 0 Å². The normalized spacial score (nSPS) is 30.9. The molecule has 114 valence electrons. The lowest BCUT2D eigenvalue weighted by molar-refractivity contribution is -0.135. The molecule has 5 nitrogen and oxygen atoms in total. The highest BCUT2D eigenvalue weighted by molar-refractivity contribution is 5.86. The van der Waals surface area contributed by atoms with E-state index < -0.39 is 5.54 Å². The number of nitrogens with two attached hydrogens (primary N) is 1. The van der Waals surface area contributed by atoms with E-state index in [0.717, 1.165) is 78.0 Å². The number of likely N-dealkylation sites (tertiary alicyclic amines) is 1. The van der Waals surface area contributed by atoms with Crippen LogP contribution in [-0.4, -0.2) is 67.2 Å². The van der Waals surface area contributed by atoms with Gasteiger partial charge < -0.3 is 15.4 Å². The van der Waals surface area contributed by atoms with E-state index in [9.17, 15) is 4.79 Å². The lowest BCUT2D eigenvalue weighted by atomic mass is 9.97. The van der Waals surface area contributed by atoms with Gasteiger partial charge in [0.25, 0.3) is 0 Å². The highest BCUT2D eigenvalue weighted by Gasteiger charge is 2.41. The Morgan fingerprint density at radius 1 is 1.20 bits per heavy atom. The minimum atomic E-state index is -0.548. The molecule has 3 aliphatic rings. The maximum Gasteiger partial charge on any atom is 0.242 e. The topological polar surface area (TPSA) is 58.8 Å². The van der Waals surface area contributed by atoms with E-state index in [0.29, 0.717) is 5.92 Å². The first kappa shape index (κ1) is 14.3. The van der Waals surface area contributed by atoms with Gasteiger partial charge in [0.1, 0.15) is 0 Å². The van der Waals surface area contributed by atoms with Crippen molar-refractivity contribution in [3.63, 3.8) is 0 Å². The monoisotopic (exact) mass is 281 g/mol. The smallest absolute Gasteiger partial charge is 0.242 e. The molecule has 2 saturated heterocycles. The summed E-state index contributed by atoms with van der Waals surface area (Å²) in [5.74, 6) is 0.821. The predicted molar refractivity (Wildman–Crippen MR) is 77.3 cm³/mol. The summed E-state index contributed by atoms with van der Waals surface area (Å²) in [6.07, 6.45) is 5.08. The second-order valence-corrected chi connectivity index (χ2v) is 6.68. The third-order valence-corrected chi connectivity index (χ3v) is 5.11. The summed E-state index contributed by atoms with van der Waals surface area (Å²) in [6, 6.07) is 0. The van der Waals surface area contributed by atoms with Gasteiger partial charge in [0.05, 0.1) is 18.8 Å². The molecule has 1 saturated carbocycles. The largest absolute Gasteiger partial charge is 0.379 e. The molecule has 20 heavy (non-hydrogen) atoms. The van der Waals surface area contributed by atoms with E-state index in [4.69, 9.17) is 10.5 Å². The first-order valence-corrected chi connectivity index (χ1v) is 8.06. The number of nitrogens with zero attached hydrogens (tertiary/aromatic N) is 2. The molecule has 1 aliphatic carbocycles. The molecule has 0 aromatic rings. The molecule has 0 aromatic carbocycles. The van der Waals surface area contributed by atoms with E-state index in [2.05, 4.69) is 4.90 Å². The summed E-state index contributed by atoms with van der Waals surface area (Å²) in [5, 5.41) is 0. The first-order chi connectivity index (χ1) is 9.67. The zero-order valence-electron chi connectivity index (χ0n) is 12.4. The lowest BCUT2D eigenvalue weighted by Crippen LogP contribution is -2.53. The van der Waals surface area contributed by atoms with Crippen molar-refractivity contribution in [1.29, 1.82) is 0 Å². The van der Waals surface area contributed by atoms with Crippen LogP contribution < -0.4 is 5.73 Å². The molecular weight excluding hydrogens is 254 g/mol. The zero-order chi connectivity index (χ0) is 14.0. The average molecular weight is 281 g/mol. The average Bonchev–Trinajstić information content (AvgIpc) is 3.09. The molecule has 0 spiro atoms. The van der Waals surface area contributed by atoms with E-state index in [1.807, 2.05) is 4.90 Å². The lowest BCUT2D eigenvalue weighted by Gasteiger charge is -2.30. The number of carbonyl (C=O) groups excluding carboxylic acids is 1. The van der Waals surface area contributed by atoms with Gasteiger partial charge in [0.2, 0.25) is 5.91 Å². The Balaban J connectivity index is 1.50. The second-order valence-electron chi connectivity index (χ2n) is 6.68. The standard InChI is InChI=1S/C15H27N3O2/c16-15(4-1-2-5-15)14(19)18-6-3-13(12-18)11-17-7-9-20-10-8-17/h13H,1-12,16H2. The number of morpholine rings is 1. The Bertz CT molecular complexity index is 349. The Labute approximate surface area is 121 Å². The number of amides is 1. The highest BCUT2D eigenvalue weighted by Crippen LogP contribution is 2.31. The summed E-state index contributed by atoms with van der Waals surface area (Å²) in [6.45, 7) is 6.66. The Morgan fingerprint density at radius 3 is 2.60 bits per heavy atom. The Morgan fingerprint density at radius 2 is 1.90 bits per heavy atom. The third-order valence-electron chi connectivity index (χ3n) is 5.11. The van der Waals surface area contributed by atoms with Crippen LogP contribution in [0.1, 0.15) is 32.1 Å². The van der Waals surface area contributed by atoms with Crippen molar-refractivity contribution in [2.45, 2.75) is 37.6 Å². The second kappa shape index (κ2) is 6.00. The third kappa shape index (κ3) is 3.00. The Kier molecular flexibility index (Phi) is 4.29. The van der Waals surface area contributed by atoms with Crippen LogP contribution in [0.2, 0.25) is 0 Å². The van der Waals surface area contributed by atoms with Crippen LogP contribution in [0, 0.1) is 5.92 Å². The molecule has 2 aliphatic heterocycles. The van der Waals surface area contributed by atoms with Crippen molar-refractivity contribution >= 4 is 5.91 Å². The van der Waals surface area contributed by atoms with Gasteiger partial charge in [0.15, 0.2) is 0 Å². The summed E-state index contributed by atoms with van der Waals surface area (Å²) in [7, 11) is 0. The summed E-state index contributed by atoms with van der Waals surface area (Å²) in [4.78, 5) is 17.1. The van der Waals surface area contributed by atoms with Crippen molar-refractivity contribution in [3.8, 4) is 0 Å². The van der Waals surface area contributed by atoms with E-state index in [1.165, 1.54) is 0 Å². The van der Waals surface area contributed by atoms with Crippen LogP contribution in [0.5, 0.6) is 0 Å². The number of ether oxygens (including phenoxy) is 1. The fraction of sp³-hybridized carbons (Fsp3) is 0.933. The van der Waals surface area contributed by atoms with Gasteiger partial charge in [-0.15, -0.1) is 0 Å². The molecular formula is C15H27N3O2. The predicted octanol–water partition coefficient (Wildman–Crippen LogP) is 0.439. The van der Waals surface area contributed by atoms with Gasteiger partial charge in [-0.2, -0.15) is 0 Å². The molecule has 5 heteroatoms. The number of rotatable bonds is 3. The molecule has 1 unspecified atom stereocenters. The van der Waals surface area contributed by atoms with E-state index >= 15 is 0 Å². The maximum atomic E-state index is 12.6. The summed E-state index contributed by atoms with van der Waals surface area (Å²) in [5.41, 5.74) is 5.75. The Hall–Kier alpha value is -0.650. The van der Waals surface area contributed by atoms with Crippen molar-refractivity contribution < 1.29 is 9.53 Å². The van der Waals surface area contributed by atoms with Crippen molar-refractivity contribution in [3.05, 3.63) is 0 Å². The minimum Gasteiger partial charge on any atom is -0.379 e. The summed E-state index contributed by atoms with van der Waals surface area (Å²) < 4.78 is 5.38. The van der Waals surface area contributed by atoms with Crippen LogP contribution in [0.4, 0.5) is 0 Å². The maximum absolute atomic E-state index is 12.6. The van der Waals surface area contributed by atoms with E-state index in [1.54, 1.807) is 0 Å². The highest BCUT2D eigenvalue weighted by atomic mass is 16.5. The zero-order valence-corrected chi connectivity index (χ0v) is 12.4. The van der Waals surface area contributed by atoms with Gasteiger partial charge in [-0.1, -0.05) is 12.8 Å². The van der Waals surface area contributed by atoms with Gasteiger partial charge in [-0.3, -0.25) is 9.69 Å². The quantitative estimate of drug-likeness (QED) is 0.815. The minimum absolute atomic E-state index is 0.208. The van der Waals surface area contributed by atoms with Crippen LogP contribution in [-0.2, 0) is 9.53 Å². The molecule has 1 amide bonds. The van der Waals surface area contributed by atoms with Crippen LogP contribution in [0.25, 0.3) is 0 Å². The number of hydrogen-bond donors (Lipinski definition) is 1. The fourth-order valence-corrected chi connectivity index (χ4v) is 3.85. The van der Waals surface area contributed by atoms with E-state index in [-0.39, 0.29) is 5.91 Å². The SMILES string of the molecule is NC1(C(=O)N2CCC(CN3CCOCC3)C2)CCCC1. The molecule has 3 fully saturated rings. The summed E-state index contributed by atoms with van der Waals surface area (Å²) >= 11 is 0. The molecule has 0 radical (unpaired) electrons. The van der Waals surface area contributed by atoms with Crippen molar-refractivity contribution in [2.24, 2.45) is 11.7 Å². The molecule has 0 aromatic heterocycles. The molecule has 1 atom stereocenters. The van der Waals surface area contributed by atoms with Crippen molar-refractivity contribution in [1.82, 2.24) is 9.80 Å². The first-order valence-electron chi connectivity index (χ1n) is 8.06. The van der Waals surface area contributed by atoms with Crippen molar-refractivity contribution in [2.75, 3.05) is 45.9 Å². The van der Waals surface area contributed by atoms with Crippen LogP contribution >= 0.6 is 0 Å². The van der Waals surface area contributed by atoms with Gasteiger partial charge >= 0.3 is 0 Å². The van der Waals surface area contributed by atoms with Crippen LogP contribution in [0.3, 0.4) is 0 Å². The van der Waals surface area contributed by atoms with Gasteiger partial charge in [0, 0.05) is 32.7 Å². The van der Waals surface area contributed by atoms with Crippen LogP contribution in [0.15, 0.2) is 0 Å². The number of hydrogen-bond acceptors (Lipinski definition) is 4. The molecule has 0 bridgehead atoms. The fourth-order valence-electron chi connectivity index (χ4n) is 3.85. The van der Waals surface area contributed by atoms with Gasteiger partial charge in [-0.05, 0) is 25.2 Å².